The minimum atomic E-state index is -1.21. The lowest BCUT2D eigenvalue weighted by molar-refractivity contribution is -0.143. The zero-order valence-electron chi connectivity index (χ0n) is 11.3. The summed E-state index contributed by atoms with van der Waals surface area (Å²) in [4.78, 5) is 24.6. The van der Waals surface area contributed by atoms with Crippen LogP contribution in [0.2, 0.25) is 0 Å². The molecule has 0 radical (unpaired) electrons. The van der Waals surface area contributed by atoms with Crippen molar-refractivity contribution < 1.29 is 14.7 Å². The molecule has 1 fully saturated rings. The van der Waals surface area contributed by atoms with Crippen molar-refractivity contribution in [2.24, 2.45) is 5.73 Å². The molecule has 1 amide bonds. The molecule has 1 unspecified atom stereocenters. The van der Waals surface area contributed by atoms with E-state index in [1.807, 2.05) is 20.8 Å². The fourth-order valence-electron chi connectivity index (χ4n) is 1.93. The Morgan fingerprint density at radius 2 is 2.11 bits per heavy atom. The second-order valence-electron chi connectivity index (χ2n) is 5.71. The monoisotopic (exact) mass is 257 g/mol. The Morgan fingerprint density at radius 3 is 2.56 bits per heavy atom. The van der Waals surface area contributed by atoms with Crippen LogP contribution >= 0.6 is 0 Å². The second-order valence-corrected chi connectivity index (χ2v) is 5.71. The SMILES string of the molecule is CCC(C)(C)NC(=O)CN1CCC(N)(C(=O)O)C1. The van der Waals surface area contributed by atoms with Gasteiger partial charge in [0.05, 0.1) is 6.54 Å². The normalized spacial score (nSPS) is 25.1. The Balaban J connectivity index is 2.46. The molecule has 0 aromatic rings. The lowest BCUT2D eigenvalue weighted by Gasteiger charge is -2.26. The Morgan fingerprint density at radius 1 is 1.50 bits per heavy atom. The second kappa shape index (κ2) is 5.24. The van der Waals surface area contributed by atoms with Gasteiger partial charge in [-0.3, -0.25) is 14.5 Å². The van der Waals surface area contributed by atoms with E-state index in [1.165, 1.54) is 0 Å². The van der Waals surface area contributed by atoms with E-state index in [0.717, 1.165) is 6.42 Å². The van der Waals surface area contributed by atoms with E-state index in [2.05, 4.69) is 5.32 Å². The van der Waals surface area contributed by atoms with Crippen LogP contribution in [-0.2, 0) is 9.59 Å². The maximum absolute atomic E-state index is 11.8. The van der Waals surface area contributed by atoms with Gasteiger partial charge in [0.1, 0.15) is 5.54 Å². The molecule has 6 heteroatoms. The zero-order valence-corrected chi connectivity index (χ0v) is 11.3. The van der Waals surface area contributed by atoms with E-state index >= 15 is 0 Å². The smallest absolute Gasteiger partial charge is 0.325 e. The van der Waals surface area contributed by atoms with Gasteiger partial charge in [-0.25, -0.2) is 0 Å². The third kappa shape index (κ3) is 3.68. The third-order valence-corrected chi connectivity index (χ3v) is 3.53. The van der Waals surface area contributed by atoms with Crippen LogP contribution in [0.1, 0.15) is 33.6 Å². The molecule has 1 saturated heterocycles. The largest absolute Gasteiger partial charge is 0.480 e. The number of nitrogens with two attached hydrogens (primary N) is 1. The summed E-state index contributed by atoms with van der Waals surface area (Å²) in [6, 6.07) is 0. The summed E-state index contributed by atoms with van der Waals surface area (Å²) in [5, 5.41) is 11.9. The highest BCUT2D eigenvalue weighted by molar-refractivity contribution is 5.81. The van der Waals surface area contributed by atoms with Gasteiger partial charge >= 0.3 is 5.97 Å². The molecule has 0 aromatic heterocycles. The number of likely N-dealkylation sites (tertiary alicyclic amines) is 1. The molecule has 0 spiro atoms. The molecule has 1 rings (SSSR count). The highest BCUT2D eigenvalue weighted by Gasteiger charge is 2.41. The van der Waals surface area contributed by atoms with Gasteiger partial charge in [0, 0.05) is 18.6 Å². The van der Waals surface area contributed by atoms with Gasteiger partial charge in [-0.1, -0.05) is 6.92 Å². The first-order valence-corrected chi connectivity index (χ1v) is 6.24. The number of hydrogen-bond acceptors (Lipinski definition) is 4. The van der Waals surface area contributed by atoms with E-state index in [4.69, 9.17) is 10.8 Å². The number of carboxylic acids is 1. The molecule has 1 heterocycles. The minimum absolute atomic E-state index is 0.0866. The molecule has 1 aliphatic heterocycles. The number of carbonyl (C=O) groups is 2. The molecule has 4 N–H and O–H groups in total. The third-order valence-electron chi connectivity index (χ3n) is 3.53. The molecule has 104 valence electrons. The molecular weight excluding hydrogens is 234 g/mol. The molecule has 0 saturated carbocycles. The predicted octanol–water partition coefficient (Wildman–Crippen LogP) is -0.221. The lowest BCUT2D eigenvalue weighted by atomic mass is 10.0. The van der Waals surface area contributed by atoms with Gasteiger partial charge in [-0.2, -0.15) is 0 Å². The Kier molecular flexibility index (Phi) is 4.34. The minimum Gasteiger partial charge on any atom is -0.480 e. The first-order valence-electron chi connectivity index (χ1n) is 6.24. The zero-order chi connectivity index (χ0) is 14.0. The van der Waals surface area contributed by atoms with Gasteiger partial charge in [0.2, 0.25) is 5.91 Å². The van der Waals surface area contributed by atoms with Crippen molar-refractivity contribution in [2.75, 3.05) is 19.6 Å². The Labute approximate surface area is 108 Å². The number of rotatable bonds is 5. The first-order chi connectivity index (χ1) is 8.18. The summed E-state index contributed by atoms with van der Waals surface area (Å²) in [6.07, 6.45) is 1.22. The van der Waals surface area contributed by atoms with Crippen LogP contribution in [0.4, 0.5) is 0 Å². The molecule has 1 atom stereocenters. The number of hydrogen-bond donors (Lipinski definition) is 3. The van der Waals surface area contributed by atoms with E-state index in [1.54, 1.807) is 4.90 Å². The number of carbonyl (C=O) groups excluding carboxylic acids is 1. The summed E-state index contributed by atoms with van der Waals surface area (Å²) in [5.74, 6) is -1.09. The molecule has 0 aromatic carbocycles. The van der Waals surface area contributed by atoms with Crippen LogP contribution in [0.25, 0.3) is 0 Å². The molecule has 6 nitrogen and oxygen atoms in total. The van der Waals surface area contributed by atoms with Crippen LogP contribution in [-0.4, -0.2) is 52.6 Å². The number of aliphatic carboxylic acids is 1. The van der Waals surface area contributed by atoms with Crippen molar-refractivity contribution in [3.05, 3.63) is 0 Å². The quantitative estimate of drug-likeness (QED) is 0.633. The summed E-state index contributed by atoms with van der Waals surface area (Å²) < 4.78 is 0. The number of carboxylic acid groups (broad SMARTS) is 1. The van der Waals surface area contributed by atoms with E-state index < -0.39 is 11.5 Å². The Hall–Kier alpha value is -1.14. The highest BCUT2D eigenvalue weighted by Crippen LogP contribution is 2.18. The van der Waals surface area contributed by atoms with Crippen LogP contribution in [0, 0.1) is 0 Å². The molecule has 0 bridgehead atoms. The first kappa shape index (κ1) is 14.9. The van der Waals surface area contributed by atoms with Crippen LogP contribution in [0.5, 0.6) is 0 Å². The number of amides is 1. The number of nitrogens with zero attached hydrogens (tertiary/aromatic N) is 1. The van der Waals surface area contributed by atoms with Crippen molar-refractivity contribution in [2.45, 2.75) is 44.7 Å². The predicted molar refractivity (Wildman–Crippen MR) is 68.1 cm³/mol. The van der Waals surface area contributed by atoms with E-state index in [-0.39, 0.29) is 24.5 Å². The molecule has 0 aliphatic carbocycles. The van der Waals surface area contributed by atoms with Gasteiger partial charge in [0.25, 0.3) is 0 Å². The standard InChI is InChI=1S/C12H23N3O3/c1-4-11(2,3)14-9(16)7-15-6-5-12(13,8-15)10(17)18/h4-8,13H2,1-3H3,(H,14,16)(H,17,18). The fraction of sp³-hybridized carbons (Fsp3) is 0.833. The molecule has 18 heavy (non-hydrogen) atoms. The maximum atomic E-state index is 11.8. The van der Waals surface area contributed by atoms with Crippen molar-refractivity contribution in [1.29, 1.82) is 0 Å². The summed E-state index contributed by atoms with van der Waals surface area (Å²) >= 11 is 0. The lowest BCUT2D eigenvalue weighted by Crippen LogP contribution is -2.51. The Bertz CT molecular complexity index is 343. The average Bonchev–Trinajstić information content (AvgIpc) is 2.60. The average molecular weight is 257 g/mol. The van der Waals surface area contributed by atoms with Crippen LogP contribution < -0.4 is 11.1 Å². The van der Waals surface area contributed by atoms with Crippen molar-refractivity contribution in [1.82, 2.24) is 10.2 Å². The molecular formula is C12H23N3O3. The van der Waals surface area contributed by atoms with Gasteiger partial charge in [0.15, 0.2) is 0 Å². The highest BCUT2D eigenvalue weighted by atomic mass is 16.4. The number of nitrogens with one attached hydrogen (secondary N) is 1. The van der Waals surface area contributed by atoms with Gasteiger partial charge in [-0.05, 0) is 26.7 Å². The molecule has 1 aliphatic rings. The van der Waals surface area contributed by atoms with Crippen molar-refractivity contribution in [3.63, 3.8) is 0 Å². The maximum Gasteiger partial charge on any atom is 0.325 e. The van der Waals surface area contributed by atoms with Crippen molar-refractivity contribution >= 4 is 11.9 Å². The summed E-state index contributed by atoms with van der Waals surface area (Å²) in [7, 11) is 0. The topological polar surface area (TPSA) is 95.7 Å². The van der Waals surface area contributed by atoms with Crippen LogP contribution in [0.3, 0.4) is 0 Å². The van der Waals surface area contributed by atoms with E-state index in [0.29, 0.717) is 13.0 Å². The summed E-state index contributed by atoms with van der Waals surface area (Å²) in [5.41, 5.74) is 4.31. The van der Waals surface area contributed by atoms with Gasteiger partial charge in [-0.15, -0.1) is 0 Å². The summed E-state index contributed by atoms with van der Waals surface area (Å²) in [6.45, 7) is 6.89. The van der Waals surface area contributed by atoms with Crippen LogP contribution in [0.15, 0.2) is 0 Å². The van der Waals surface area contributed by atoms with E-state index in [9.17, 15) is 9.59 Å². The van der Waals surface area contributed by atoms with Crippen molar-refractivity contribution in [3.8, 4) is 0 Å². The fourth-order valence-corrected chi connectivity index (χ4v) is 1.93. The van der Waals surface area contributed by atoms with Gasteiger partial charge < -0.3 is 16.2 Å².